The molecule has 2 aliphatic carbocycles. The monoisotopic (exact) mass is 2480 g/mol. The van der Waals surface area contributed by atoms with Gasteiger partial charge >= 0.3 is 210 Å². The standard InChI is InChI=1S/C52H58N6O2Si.C32H41N4OSi.C12H12N2.C8H18NSi.2CH3.12ClH.Co.2Fe.2Ni.Ti/c1-31-19-15-20-32(2)49(31)53-39(9)45-27-43(28-46(57-45)40(10)54-50-33(3)21-16-22-34(50)4)59-61(13,14)60-44-29-47(41(11)55-51-35(5)23-17-24-36(51)6)58-48(30-44)42(12)56-52-37(7)25-18-26-38(52)8;1-21-13-11-14-22(2)31(21)34-25(5)29-19-27(37-38(8,33-7)28-17-9-10-18-28)20-30(36-29)26(6)35-32-23(3)15-12-16-24(32)4;1-9-5-3-7-11(13-9)12-8-4-6-10(2)14-12;1-9-10(2,3)8-6-4-5-7-8;;;;;;;;;;;;;;;;;;;;/h15-30H,1-14H3;11-16,19-20,28H,9-10,17-18H2,1-8H3;3-8H,1-2H3;8H,4-7H2,1-3H3;2*1H3;12*1H;;;;;;/q;-1;;3*-1;;;;;;;;;;;;;4*+2;+4;+2/p-12. The van der Waals surface area contributed by atoms with Gasteiger partial charge < -0.3 is 38.1 Å². The van der Waals surface area contributed by atoms with Crippen LogP contribution < -0.4 is 13.3 Å². The molecule has 0 aliphatic heterocycles. The van der Waals surface area contributed by atoms with Gasteiger partial charge in [0, 0.05) is 60.9 Å². The Labute approximate surface area is 948 Å². The quantitative estimate of drug-likeness (QED) is 0.0343. The van der Waals surface area contributed by atoms with E-state index in [0.717, 1.165) is 181 Å². The number of aromatic nitrogens is 5. The number of pyridine rings is 5. The summed E-state index contributed by atoms with van der Waals surface area (Å²) in [6.07, 6.45) is 10.8. The normalized spacial score (nSPS) is 13.3. The van der Waals surface area contributed by atoms with Crippen molar-refractivity contribution < 1.29 is 94.8 Å². The van der Waals surface area contributed by atoms with Crippen LogP contribution in [0.2, 0.25) is 43.8 Å². The number of hydrogen-bond donors (Lipinski definition) is 0. The van der Waals surface area contributed by atoms with E-state index < -0.39 is 42.3 Å². The zero-order valence-electron chi connectivity index (χ0n) is 86.9. The zero-order valence-corrected chi connectivity index (χ0v) is 106. The molecule has 0 spiro atoms. The van der Waals surface area contributed by atoms with Crippen molar-refractivity contribution in [1.82, 2.24) is 24.9 Å². The number of hydrogen-bond acceptors (Lipinski definition) is 14. The van der Waals surface area contributed by atoms with E-state index in [4.69, 9.17) is 183 Å². The molecule has 1 unspecified atom stereocenters. The average Bonchev–Trinajstić information content (AvgIpc) is 1.63. The van der Waals surface area contributed by atoms with Crippen LogP contribution >= 0.6 is 120 Å². The summed E-state index contributed by atoms with van der Waals surface area (Å²) in [4.78, 5) is 63.9. The Balaban J connectivity index is 0.000000707. The van der Waals surface area contributed by atoms with Crippen molar-refractivity contribution in [1.29, 1.82) is 0 Å². The van der Waals surface area contributed by atoms with Gasteiger partial charge in [-0.2, -0.15) is 14.1 Å². The Bertz CT molecular complexity index is 5390. The van der Waals surface area contributed by atoms with E-state index >= 15 is 0 Å². The average molecular weight is 2480 g/mol. The second kappa shape index (κ2) is 70.8. The van der Waals surface area contributed by atoms with Gasteiger partial charge in [-0.1, -0.05) is 206 Å². The molecule has 789 valence electrons. The van der Waals surface area contributed by atoms with E-state index in [2.05, 4.69) is 227 Å². The number of aliphatic imine (C=N–C) groups is 6. The Morgan fingerprint density at radius 1 is 0.364 bits per heavy atom. The zero-order chi connectivity index (χ0) is 105. The van der Waals surface area contributed by atoms with Crippen LogP contribution in [0.1, 0.15) is 205 Å². The first-order valence-electron chi connectivity index (χ1n) is 45.0. The Kier molecular flexibility index (Phi) is 66.8. The van der Waals surface area contributed by atoms with Crippen molar-refractivity contribution in [3.05, 3.63) is 319 Å². The molecule has 5 aromatic heterocycles. The van der Waals surface area contributed by atoms with E-state index in [1.54, 1.807) is 0 Å². The van der Waals surface area contributed by atoms with Gasteiger partial charge in [-0.05, 0) is 235 Å². The topological polar surface area (TPSA) is 194 Å². The fourth-order valence-electron chi connectivity index (χ4n) is 15.8. The fraction of sp³-hybridized carbons (Fsp3) is 0.349. The van der Waals surface area contributed by atoms with E-state index in [-0.39, 0.29) is 41.1 Å². The molecule has 6 aromatic carbocycles. The number of aryl methyl sites for hydroxylation is 14. The number of benzene rings is 6. The van der Waals surface area contributed by atoms with E-state index in [9.17, 15) is 0 Å². The first kappa shape index (κ1) is 135. The minimum atomic E-state index is -3.00. The maximum absolute atomic E-state index is 6.92. The molecule has 0 radical (unpaired) electrons. The van der Waals surface area contributed by atoms with Crippen molar-refractivity contribution in [3.8, 4) is 28.6 Å². The SMILES string of the molecule is CC(=Nc1c(C)cccc1C)c1cc(O[Si](C)(C)Oc2cc(C(C)=Nc3c(C)cccc3C)nc(C(C)=Nc3c(C)cccc3C)c2)cc(C(C)=Nc2c(C)cccc2C)n1.C[N-][Si](C)(C)C1CCCC1.C[N-][Si](C)(Oc1cc(C(C)=Nc2c(C)cccc2C)nc(C(C)=Nc2c(C)cccc2C)c1)C1CCCC1.Cc1cccc(-c2cccc(C)n2)n1.[CH3-].[CH3-].[Cl][Co][Cl].[Cl][Fe][Cl].[Cl][Fe][Cl].[Cl][Ni+2][Cl].[Cl][Ni][Cl].[Cl][Ti][Cl]. The molecule has 2 fully saturated rings. The third-order valence-electron chi connectivity index (χ3n) is 23.5. The summed E-state index contributed by atoms with van der Waals surface area (Å²) in [5, 5.41) is 0. The predicted molar refractivity (Wildman–Crippen MR) is 611 cm³/mol. The van der Waals surface area contributed by atoms with Crippen LogP contribution in [0.25, 0.3) is 21.4 Å². The van der Waals surface area contributed by atoms with Crippen LogP contribution in [0.4, 0.5) is 34.1 Å². The van der Waals surface area contributed by atoms with Gasteiger partial charge in [0.05, 0.1) is 114 Å². The molecule has 143 heavy (non-hydrogen) atoms. The van der Waals surface area contributed by atoms with Crippen molar-refractivity contribution in [2.24, 2.45) is 30.0 Å². The van der Waals surface area contributed by atoms with Gasteiger partial charge in [-0.3, -0.25) is 39.9 Å². The van der Waals surface area contributed by atoms with E-state index in [1.807, 2.05) is 155 Å². The Morgan fingerprint density at radius 3 is 0.727 bits per heavy atom. The Morgan fingerprint density at radius 2 is 0.545 bits per heavy atom. The molecular weight excluding hydrogens is 2350 g/mol. The van der Waals surface area contributed by atoms with Crippen molar-refractivity contribution in [2.75, 3.05) is 14.1 Å². The fourth-order valence-corrected chi connectivity index (χ4v) is 22.1. The van der Waals surface area contributed by atoms with Crippen LogP contribution in [0.3, 0.4) is 0 Å². The molecule has 0 saturated heterocycles. The number of halogens is 12. The maximum atomic E-state index is 6.92. The molecule has 5 heterocycles. The summed E-state index contributed by atoms with van der Waals surface area (Å²) in [6.45, 7) is 52.1. The van der Waals surface area contributed by atoms with Crippen LogP contribution in [0, 0.1) is 112 Å². The predicted octanol–water partition coefficient (Wildman–Crippen LogP) is 37.7. The summed E-state index contributed by atoms with van der Waals surface area (Å²) in [5.41, 5.74) is 33.7. The summed E-state index contributed by atoms with van der Waals surface area (Å²) in [5.74, 6) is 2.06. The summed E-state index contributed by atoms with van der Waals surface area (Å²) >= 11 is 1.35. The van der Waals surface area contributed by atoms with Crippen LogP contribution in [-0.2, 0) is 81.5 Å². The molecule has 16 nitrogen and oxygen atoms in total. The van der Waals surface area contributed by atoms with Crippen LogP contribution in [0.15, 0.2) is 212 Å². The van der Waals surface area contributed by atoms with E-state index in [0.29, 0.717) is 78.0 Å². The number of nitrogens with zero attached hydrogens (tertiary/aromatic N) is 13. The Hall–Kier alpha value is -4.21. The minimum absolute atomic E-state index is 0. The third kappa shape index (κ3) is 46.1. The van der Waals surface area contributed by atoms with Crippen LogP contribution in [0.5, 0.6) is 17.2 Å². The van der Waals surface area contributed by atoms with Gasteiger partial charge in [-0.25, -0.2) is 15.0 Å². The van der Waals surface area contributed by atoms with Gasteiger partial charge in [-0.15, -0.1) is 0 Å². The molecule has 11 aromatic rings. The molecule has 1 atom stereocenters. The second-order valence-electron chi connectivity index (χ2n) is 34.8. The first-order chi connectivity index (χ1) is 66.9. The summed E-state index contributed by atoms with van der Waals surface area (Å²) in [7, 11) is 54.6. The van der Waals surface area contributed by atoms with Gasteiger partial charge in [0.25, 0.3) is 0 Å². The molecular formula is C106H135Cl12CoFe2N13Ni2O3Si3Ti-2. The summed E-state index contributed by atoms with van der Waals surface area (Å²) in [6, 6.07) is 61.2. The molecule has 2 saturated carbocycles. The number of rotatable bonds is 23. The molecule has 0 amide bonds. The number of para-hydroxylation sites is 6. The van der Waals surface area contributed by atoms with Crippen molar-refractivity contribution >= 4 is 214 Å². The van der Waals surface area contributed by atoms with Gasteiger partial charge in [0.2, 0.25) is 0 Å². The molecule has 13 rings (SSSR count). The molecule has 37 heteroatoms. The van der Waals surface area contributed by atoms with Crippen molar-refractivity contribution in [3.63, 3.8) is 0 Å². The third-order valence-corrected chi connectivity index (χ3v) is 32.3. The van der Waals surface area contributed by atoms with E-state index in [1.165, 1.54) is 51.4 Å². The molecule has 2 aliphatic rings. The van der Waals surface area contributed by atoms with Gasteiger partial charge in [0.15, 0.2) is 0 Å². The first-order valence-corrected chi connectivity index (χ1v) is 72.0. The molecule has 0 bridgehead atoms. The van der Waals surface area contributed by atoms with Gasteiger partial charge in [0.1, 0.15) is 25.7 Å². The van der Waals surface area contributed by atoms with Crippen LogP contribution in [-0.4, -0.2) is 98.6 Å². The summed E-state index contributed by atoms with van der Waals surface area (Å²) < 4.78 is 20.7. The van der Waals surface area contributed by atoms with Crippen molar-refractivity contribution in [2.45, 2.75) is 234 Å². The molecule has 0 N–H and O–H groups in total. The second-order valence-corrected chi connectivity index (χ2v) is 57.4.